The molecule has 1 aromatic rings. The predicted octanol–water partition coefficient (Wildman–Crippen LogP) is 2.06. The highest BCUT2D eigenvalue weighted by molar-refractivity contribution is 5.92. The van der Waals surface area contributed by atoms with Crippen molar-refractivity contribution in [3.05, 3.63) is 35.5 Å². The van der Waals surface area contributed by atoms with E-state index in [1.165, 1.54) is 25.3 Å². The molecular weight excluding hydrogens is 251 g/mol. The van der Waals surface area contributed by atoms with Crippen LogP contribution in [0.2, 0.25) is 0 Å². The van der Waals surface area contributed by atoms with Crippen LogP contribution in [-0.2, 0) is 9.53 Å². The summed E-state index contributed by atoms with van der Waals surface area (Å²) in [6, 6.07) is 4.89. The number of hydrogen-bond donors (Lipinski definition) is 1. The van der Waals surface area contributed by atoms with Crippen LogP contribution in [0.4, 0.5) is 13.2 Å². The Kier molecular flexibility index (Phi) is 4.19. The van der Waals surface area contributed by atoms with Crippen LogP contribution in [0.25, 0.3) is 6.08 Å². The number of hydrogen-bond acceptors (Lipinski definition) is 4. The number of carbonyl (C=O) groups excluding carboxylic acids is 1. The molecule has 0 saturated heterocycles. The fraction of sp³-hybridized carbons (Fsp3) is 0.182. The van der Waals surface area contributed by atoms with Gasteiger partial charge in [0.2, 0.25) is 0 Å². The third-order valence-electron chi connectivity index (χ3n) is 1.86. The van der Waals surface area contributed by atoms with Gasteiger partial charge in [0.1, 0.15) is 11.4 Å². The third kappa shape index (κ3) is 4.36. The summed E-state index contributed by atoms with van der Waals surface area (Å²) < 4.78 is 43.7. The molecule has 0 aliphatic carbocycles. The summed E-state index contributed by atoms with van der Waals surface area (Å²) in [5, 5.41) is 0. The highest BCUT2D eigenvalue weighted by Crippen LogP contribution is 2.23. The number of ether oxygens (including phenoxy) is 2. The molecule has 4 nitrogen and oxygen atoms in total. The third-order valence-corrected chi connectivity index (χ3v) is 1.86. The second kappa shape index (κ2) is 5.44. The molecule has 0 bridgehead atoms. The molecule has 1 aromatic carbocycles. The van der Waals surface area contributed by atoms with Gasteiger partial charge in [-0.1, -0.05) is 12.1 Å². The highest BCUT2D eigenvalue weighted by atomic mass is 19.4. The predicted molar refractivity (Wildman–Crippen MR) is 57.3 cm³/mol. The summed E-state index contributed by atoms with van der Waals surface area (Å²) in [5.41, 5.74) is 5.68. The molecule has 0 amide bonds. The zero-order valence-electron chi connectivity index (χ0n) is 9.32. The zero-order chi connectivity index (χ0) is 13.8. The molecule has 0 fully saturated rings. The molecule has 0 atom stereocenters. The Balaban J connectivity index is 2.81. The van der Waals surface area contributed by atoms with Crippen LogP contribution in [0.15, 0.2) is 30.0 Å². The first-order valence-corrected chi connectivity index (χ1v) is 4.73. The molecule has 18 heavy (non-hydrogen) atoms. The molecule has 0 spiro atoms. The molecule has 98 valence electrons. The van der Waals surface area contributed by atoms with E-state index in [0.717, 1.165) is 12.1 Å². The van der Waals surface area contributed by atoms with E-state index in [2.05, 4.69) is 9.47 Å². The van der Waals surface area contributed by atoms with Crippen molar-refractivity contribution < 1.29 is 27.4 Å². The minimum absolute atomic E-state index is 0.151. The number of halogens is 3. The van der Waals surface area contributed by atoms with E-state index in [-0.39, 0.29) is 11.4 Å². The van der Waals surface area contributed by atoms with Crippen LogP contribution in [-0.4, -0.2) is 19.4 Å². The molecule has 2 N–H and O–H groups in total. The first-order valence-electron chi connectivity index (χ1n) is 4.73. The molecule has 0 radical (unpaired) electrons. The fourth-order valence-electron chi connectivity index (χ4n) is 1.12. The average molecular weight is 261 g/mol. The first-order chi connectivity index (χ1) is 8.31. The smallest absolute Gasteiger partial charge is 0.464 e. The Hall–Kier alpha value is -2.18. The average Bonchev–Trinajstić information content (AvgIpc) is 2.28. The van der Waals surface area contributed by atoms with Crippen LogP contribution < -0.4 is 10.5 Å². The molecule has 0 aromatic heterocycles. The highest BCUT2D eigenvalue weighted by Gasteiger charge is 2.30. The van der Waals surface area contributed by atoms with Crippen molar-refractivity contribution in [1.82, 2.24) is 0 Å². The molecule has 0 aliphatic rings. The number of esters is 1. The molecule has 1 rings (SSSR count). The van der Waals surface area contributed by atoms with Crippen molar-refractivity contribution >= 4 is 12.0 Å². The minimum Gasteiger partial charge on any atom is -0.464 e. The number of carbonyl (C=O) groups is 1. The lowest BCUT2D eigenvalue weighted by atomic mass is 10.2. The summed E-state index contributed by atoms with van der Waals surface area (Å²) in [7, 11) is 1.17. The Morgan fingerprint density at radius 1 is 1.28 bits per heavy atom. The second-order valence-corrected chi connectivity index (χ2v) is 3.21. The van der Waals surface area contributed by atoms with Crippen LogP contribution in [0.3, 0.4) is 0 Å². The van der Waals surface area contributed by atoms with E-state index < -0.39 is 12.3 Å². The van der Waals surface area contributed by atoms with Crippen molar-refractivity contribution in [2.24, 2.45) is 5.73 Å². The van der Waals surface area contributed by atoms with Gasteiger partial charge in [0.15, 0.2) is 0 Å². The summed E-state index contributed by atoms with van der Waals surface area (Å²) in [6.07, 6.45) is -3.45. The van der Waals surface area contributed by atoms with E-state index in [9.17, 15) is 18.0 Å². The lowest BCUT2D eigenvalue weighted by Gasteiger charge is -2.08. The Labute approximate surface area is 101 Å². The van der Waals surface area contributed by atoms with Crippen molar-refractivity contribution in [3.63, 3.8) is 0 Å². The van der Waals surface area contributed by atoms with E-state index in [0.29, 0.717) is 5.56 Å². The van der Waals surface area contributed by atoms with E-state index in [4.69, 9.17) is 5.73 Å². The van der Waals surface area contributed by atoms with Crippen LogP contribution in [0.1, 0.15) is 5.56 Å². The standard InChI is InChI=1S/C11H10F3NO3/c1-17-10(16)9(15)6-7-2-4-8(5-3-7)18-11(12,13)14/h2-6H,15H2,1H3/b9-6-. The topological polar surface area (TPSA) is 61.5 Å². The van der Waals surface area contributed by atoms with E-state index >= 15 is 0 Å². The Morgan fingerprint density at radius 2 is 1.83 bits per heavy atom. The minimum atomic E-state index is -4.73. The summed E-state index contributed by atoms with van der Waals surface area (Å²) in [4.78, 5) is 11.0. The molecule has 0 aliphatic heterocycles. The van der Waals surface area contributed by atoms with Crippen LogP contribution in [0, 0.1) is 0 Å². The molecule has 7 heteroatoms. The second-order valence-electron chi connectivity index (χ2n) is 3.21. The molecular formula is C11H10F3NO3. The van der Waals surface area contributed by atoms with Gasteiger partial charge >= 0.3 is 12.3 Å². The largest absolute Gasteiger partial charge is 0.573 e. The Bertz CT molecular complexity index is 452. The molecule has 0 unspecified atom stereocenters. The quantitative estimate of drug-likeness (QED) is 0.668. The van der Waals surface area contributed by atoms with Gasteiger partial charge in [0.05, 0.1) is 7.11 Å². The lowest BCUT2D eigenvalue weighted by molar-refractivity contribution is -0.274. The molecule has 0 saturated carbocycles. The van der Waals surface area contributed by atoms with Crippen LogP contribution >= 0.6 is 0 Å². The zero-order valence-corrected chi connectivity index (χ0v) is 9.32. The van der Waals surface area contributed by atoms with Gasteiger partial charge in [-0.05, 0) is 23.8 Å². The van der Waals surface area contributed by atoms with Gasteiger partial charge in [-0.25, -0.2) is 4.79 Å². The number of benzene rings is 1. The fourth-order valence-corrected chi connectivity index (χ4v) is 1.12. The van der Waals surface area contributed by atoms with Gasteiger partial charge in [0, 0.05) is 0 Å². The SMILES string of the molecule is COC(=O)/C(N)=C/c1ccc(OC(F)(F)F)cc1. The number of methoxy groups -OCH3 is 1. The van der Waals surface area contributed by atoms with Gasteiger partial charge in [-0.3, -0.25) is 0 Å². The maximum atomic E-state index is 11.9. The van der Waals surface area contributed by atoms with E-state index in [1.807, 2.05) is 0 Å². The number of rotatable bonds is 3. The summed E-state index contributed by atoms with van der Waals surface area (Å²) in [6.45, 7) is 0. The van der Waals surface area contributed by atoms with Gasteiger partial charge < -0.3 is 15.2 Å². The summed E-state index contributed by atoms with van der Waals surface area (Å²) >= 11 is 0. The van der Waals surface area contributed by atoms with E-state index in [1.54, 1.807) is 0 Å². The van der Waals surface area contributed by atoms with Crippen LogP contribution in [0.5, 0.6) is 5.75 Å². The van der Waals surface area contributed by atoms with Crippen molar-refractivity contribution in [2.45, 2.75) is 6.36 Å². The maximum absolute atomic E-state index is 11.9. The van der Waals surface area contributed by atoms with Crippen molar-refractivity contribution in [2.75, 3.05) is 7.11 Å². The van der Waals surface area contributed by atoms with Gasteiger partial charge in [0.25, 0.3) is 0 Å². The normalized spacial score (nSPS) is 12.1. The van der Waals surface area contributed by atoms with Crippen molar-refractivity contribution in [3.8, 4) is 5.75 Å². The lowest BCUT2D eigenvalue weighted by Crippen LogP contribution is -2.17. The van der Waals surface area contributed by atoms with Gasteiger partial charge in [-0.15, -0.1) is 13.2 Å². The van der Waals surface area contributed by atoms with Gasteiger partial charge in [-0.2, -0.15) is 0 Å². The maximum Gasteiger partial charge on any atom is 0.573 e. The number of alkyl halides is 3. The Morgan fingerprint density at radius 3 is 2.28 bits per heavy atom. The van der Waals surface area contributed by atoms with Crippen molar-refractivity contribution in [1.29, 1.82) is 0 Å². The summed E-state index contributed by atoms with van der Waals surface area (Å²) in [5.74, 6) is -1.07. The first kappa shape index (κ1) is 13.9. The number of nitrogens with two attached hydrogens (primary N) is 1. The monoisotopic (exact) mass is 261 g/mol. The molecule has 0 heterocycles.